The Hall–Kier alpha value is -1.46. The van der Waals surface area contributed by atoms with E-state index in [0.717, 1.165) is 25.0 Å². The largest absolute Gasteiger partial charge is 0.385 e. The molecule has 0 saturated heterocycles. The molecule has 1 aliphatic carbocycles. The Labute approximate surface area is 118 Å². The molecule has 1 aromatic rings. The molecule has 1 aliphatic rings. The number of pyridine rings is 1. The first kappa shape index (κ1) is 14.9. The Morgan fingerprint density at radius 1 is 1.15 bits per heavy atom. The fourth-order valence-electron chi connectivity index (χ4n) is 2.50. The van der Waals surface area contributed by atoms with E-state index in [1.54, 1.807) is 17.7 Å². The summed E-state index contributed by atoms with van der Waals surface area (Å²) < 4.78 is 12.1. The molecule has 0 aromatic carbocycles. The number of rotatable bonds is 7. The molecule has 5 heteroatoms. The van der Waals surface area contributed by atoms with Crippen LogP contribution in [-0.4, -0.2) is 37.3 Å². The highest BCUT2D eigenvalue weighted by atomic mass is 16.5. The number of hydrogen-bond donors (Lipinski definition) is 0. The second-order valence-corrected chi connectivity index (χ2v) is 4.92. The van der Waals surface area contributed by atoms with Crippen molar-refractivity contribution >= 4 is 5.78 Å². The monoisotopic (exact) mass is 279 g/mol. The van der Waals surface area contributed by atoms with Crippen LogP contribution in [0.1, 0.15) is 35.3 Å². The Bertz CT molecular complexity index is 521. The van der Waals surface area contributed by atoms with E-state index in [9.17, 15) is 9.59 Å². The Morgan fingerprint density at radius 3 is 2.80 bits per heavy atom. The maximum atomic E-state index is 11.9. The summed E-state index contributed by atoms with van der Waals surface area (Å²) in [6, 6.07) is 3.14. The third-order valence-corrected chi connectivity index (χ3v) is 3.51. The summed E-state index contributed by atoms with van der Waals surface area (Å²) in [5.74, 6) is 0.140. The summed E-state index contributed by atoms with van der Waals surface area (Å²) in [7, 11) is 1.66. The minimum atomic E-state index is -0.0565. The van der Waals surface area contributed by atoms with E-state index in [2.05, 4.69) is 0 Å². The topological polar surface area (TPSA) is 57.5 Å². The predicted molar refractivity (Wildman–Crippen MR) is 75.3 cm³/mol. The van der Waals surface area contributed by atoms with Gasteiger partial charge in [0, 0.05) is 50.6 Å². The molecule has 2 rings (SSSR count). The second kappa shape index (κ2) is 7.36. The van der Waals surface area contributed by atoms with Crippen LogP contribution in [-0.2, 0) is 22.4 Å². The highest BCUT2D eigenvalue weighted by Crippen LogP contribution is 2.19. The zero-order valence-electron chi connectivity index (χ0n) is 11.9. The van der Waals surface area contributed by atoms with Crippen LogP contribution in [0.3, 0.4) is 0 Å². The van der Waals surface area contributed by atoms with Gasteiger partial charge in [0.15, 0.2) is 5.78 Å². The maximum Gasteiger partial charge on any atom is 0.250 e. The van der Waals surface area contributed by atoms with Crippen molar-refractivity contribution in [3.05, 3.63) is 33.7 Å². The van der Waals surface area contributed by atoms with E-state index >= 15 is 0 Å². The average Bonchev–Trinajstić information content (AvgIpc) is 2.45. The Balaban J connectivity index is 1.99. The minimum absolute atomic E-state index is 0.0565. The molecule has 0 radical (unpaired) electrons. The number of aromatic nitrogens is 1. The van der Waals surface area contributed by atoms with Gasteiger partial charge in [0.05, 0.1) is 6.61 Å². The van der Waals surface area contributed by atoms with Crippen molar-refractivity contribution in [2.45, 2.75) is 32.2 Å². The number of nitrogens with zero attached hydrogens (tertiary/aromatic N) is 1. The molecule has 1 heterocycles. The van der Waals surface area contributed by atoms with Gasteiger partial charge in [-0.05, 0) is 25.3 Å². The number of carbonyl (C=O) groups excluding carboxylic acids is 1. The lowest BCUT2D eigenvalue weighted by Crippen LogP contribution is -2.29. The smallest absolute Gasteiger partial charge is 0.250 e. The highest BCUT2D eigenvalue weighted by Gasteiger charge is 2.20. The number of methoxy groups -OCH3 is 1. The molecular weight excluding hydrogens is 258 g/mol. The van der Waals surface area contributed by atoms with E-state index in [1.807, 2.05) is 0 Å². The number of carbonyl (C=O) groups is 1. The summed E-state index contributed by atoms with van der Waals surface area (Å²) in [4.78, 5) is 23.8. The molecule has 1 aromatic heterocycles. The fraction of sp³-hybridized carbons (Fsp3) is 0.600. The fourth-order valence-corrected chi connectivity index (χ4v) is 2.50. The van der Waals surface area contributed by atoms with E-state index in [-0.39, 0.29) is 11.3 Å². The predicted octanol–water partition coefficient (Wildman–Crippen LogP) is 1.42. The van der Waals surface area contributed by atoms with E-state index in [4.69, 9.17) is 9.47 Å². The first-order valence-electron chi connectivity index (χ1n) is 7.06. The van der Waals surface area contributed by atoms with Gasteiger partial charge in [-0.15, -0.1) is 0 Å². The summed E-state index contributed by atoms with van der Waals surface area (Å²) in [6.07, 6.45) is 3.04. The Morgan fingerprint density at radius 2 is 2.00 bits per heavy atom. The molecule has 20 heavy (non-hydrogen) atoms. The minimum Gasteiger partial charge on any atom is -0.385 e. The van der Waals surface area contributed by atoms with Gasteiger partial charge in [-0.25, -0.2) is 0 Å². The summed E-state index contributed by atoms with van der Waals surface area (Å²) in [6.45, 7) is 2.28. The van der Waals surface area contributed by atoms with Gasteiger partial charge in [-0.3, -0.25) is 9.59 Å². The molecule has 0 amide bonds. The van der Waals surface area contributed by atoms with E-state index in [0.29, 0.717) is 38.3 Å². The van der Waals surface area contributed by atoms with Crippen LogP contribution in [0.2, 0.25) is 0 Å². The zero-order chi connectivity index (χ0) is 14.4. The van der Waals surface area contributed by atoms with E-state index < -0.39 is 0 Å². The number of ketones is 1. The molecular formula is C15H21NO4. The maximum absolute atomic E-state index is 11.9. The summed E-state index contributed by atoms with van der Waals surface area (Å²) in [5, 5.41) is 0. The van der Waals surface area contributed by atoms with Crippen molar-refractivity contribution in [3.8, 4) is 0 Å². The van der Waals surface area contributed by atoms with Crippen LogP contribution in [0.5, 0.6) is 0 Å². The lowest BCUT2D eigenvalue weighted by molar-refractivity contribution is 0.0943. The van der Waals surface area contributed by atoms with Gasteiger partial charge in [0.25, 0.3) is 5.56 Å². The van der Waals surface area contributed by atoms with Gasteiger partial charge in [0.1, 0.15) is 0 Å². The van der Waals surface area contributed by atoms with Crippen molar-refractivity contribution in [2.24, 2.45) is 0 Å². The Kier molecular flexibility index (Phi) is 5.49. The molecule has 0 atom stereocenters. The van der Waals surface area contributed by atoms with Crippen molar-refractivity contribution < 1.29 is 14.3 Å². The highest BCUT2D eigenvalue weighted by molar-refractivity contribution is 5.97. The zero-order valence-corrected chi connectivity index (χ0v) is 11.9. The van der Waals surface area contributed by atoms with Gasteiger partial charge in [-0.1, -0.05) is 0 Å². The third-order valence-electron chi connectivity index (χ3n) is 3.51. The van der Waals surface area contributed by atoms with Crippen molar-refractivity contribution in [1.29, 1.82) is 0 Å². The summed E-state index contributed by atoms with van der Waals surface area (Å²) in [5.41, 5.74) is 1.52. The first-order valence-corrected chi connectivity index (χ1v) is 7.06. The lowest BCUT2D eigenvalue weighted by Gasteiger charge is -2.19. The van der Waals surface area contributed by atoms with Crippen LogP contribution in [0.4, 0.5) is 0 Å². The molecule has 0 spiro atoms. The molecule has 0 unspecified atom stereocenters. The number of Topliss-reactive ketones (excluding diaryl/α,β-unsaturated/α-hetero) is 1. The molecule has 0 N–H and O–H groups in total. The van der Waals surface area contributed by atoms with Crippen LogP contribution >= 0.6 is 0 Å². The first-order chi connectivity index (χ1) is 9.74. The van der Waals surface area contributed by atoms with Crippen LogP contribution in [0, 0.1) is 0 Å². The van der Waals surface area contributed by atoms with Crippen LogP contribution in [0.25, 0.3) is 0 Å². The van der Waals surface area contributed by atoms with Gasteiger partial charge < -0.3 is 14.0 Å². The molecule has 0 aliphatic heterocycles. The standard InChI is InChI=1S/C15H21NO4/c1-19-9-3-10-20-11-8-16-13-4-2-5-14(17)12(13)6-7-15(16)18/h6-7H,2-5,8-11H2,1H3. The SMILES string of the molecule is COCCCOCCn1c2c(ccc1=O)C(=O)CCC2. The van der Waals surface area contributed by atoms with Crippen molar-refractivity contribution in [1.82, 2.24) is 4.57 Å². The number of hydrogen-bond acceptors (Lipinski definition) is 4. The van der Waals surface area contributed by atoms with Crippen molar-refractivity contribution in [2.75, 3.05) is 26.9 Å². The third kappa shape index (κ3) is 3.55. The number of fused-ring (bicyclic) bond motifs is 1. The van der Waals surface area contributed by atoms with Crippen LogP contribution < -0.4 is 5.56 Å². The van der Waals surface area contributed by atoms with Gasteiger partial charge >= 0.3 is 0 Å². The van der Waals surface area contributed by atoms with Gasteiger partial charge in [-0.2, -0.15) is 0 Å². The lowest BCUT2D eigenvalue weighted by atomic mass is 9.94. The van der Waals surface area contributed by atoms with Crippen LogP contribution in [0.15, 0.2) is 16.9 Å². The van der Waals surface area contributed by atoms with Crippen molar-refractivity contribution in [3.63, 3.8) is 0 Å². The average molecular weight is 279 g/mol. The number of ether oxygens (including phenoxy) is 2. The molecule has 0 fully saturated rings. The molecule has 5 nitrogen and oxygen atoms in total. The molecule has 110 valence electrons. The summed E-state index contributed by atoms with van der Waals surface area (Å²) >= 11 is 0. The normalized spacial score (nSPS) is 14.3. The quantitative estimate of drug-likeness (QED) is 0.708. The van der Waals surface area contributed by atoms with E-state index in [1.165, 1.54) is 6.07 Å². The second-order valence-electron chi connectivity index (χ2n) is 4.92. The molecule has 0 saturated carbocycles. The molecule has 0 bridgehead atoms. The van der Waals surface area contributed by atoms with Gasteiger partial charge in [0.2, 0.25) is 0 Å².